The Bertz CT molecular complexity index is 1930. The van der Waals surface area contributed by atoms with E-state index in [1.165, 1.54) is 16.3 Å². The van der Waals surface area contributed by atoms with Gasteiger partial charge in [0.2, 0.25) is 0 Å². The fourth-order valence-corrected chi connectivity index (χ4v) is 6.57. The molecule has 8 nitrogen and oxygen atoms in total. The number of rotatable bonds is 6. The zero-order valence-electron chi connectivity index (χ0n) is 24.9. The summed E-state index contributed by atoms with van der Waals surface area (Å²) in [6.07, 6.45) is 0. The maximum atomic E-state index is 5.91. The van der Waals surface area contributed by atoms with Gasteiger partial charge in [0.05, 0.1) is 29.4 Å². The van der Waals surface area contributed by atoms with Crippen LogP contribution in [-0.2, 0) is 6.54 Å². The summed E-state index contributed by atoms with van der Waals surface area (Å²) in [4.78, 5) is 18.5. The first-order valence-corrected chi connectivity index (χ1v) is 14.7. The van der Waals surface area contributed by atoms with Crippen molar-refractivity contribution in [2.45, 2.75) is 34.2 Å². The molecule has 3 aromatic carbocycles. The molecule has 4 heterocycles. The number of fused-ring (bicyclic) bond motifs is 4. The predicted molar refractivity (Wildman–Crippen MR) is 168 cm³/mol. The topological polar surface area (TPSA) is 83.3 Å². The molecule has 0 radical (unpaired) electrons. The van der Waals surface area contributed by atoms with Gasteiger partial charge in [-0.15, -0.1) is 0 Å². The minimum atomic E-state index is 0.726. The lowest BCUT2D eigenvalue weighted by Gasteiger charge is -2.34. The van der Waals surface area contributed by atoms with E-state index in [1.54, 1.807) is 7.11 Å². The molecule has 1 saturated heterocycles. The van der Waals surface area contributed by atoms with E-state index in [0.717, 1.165) is 107 Å². The van der Waals surface area contributed by atoms with E-state index in [4.69, 9.17) is 19.2 Å². The number of aromatic nitrogens is 4. The maximum Gasteiger partial charge on any atom is 0.142 e. The second kappa shape index (κ2) is 10.5. The van der Waals surface area contributed by atoms with E-state index < -0.39 is 0 Å². The van der Waals surface area contributed by atoms with Gasteiger partial charge in [0.15, 0.2) is 0 Å². The van der Waals surface area contributed by atoms with Gasteiger partial charge in [-0.1, -0.05) is 48.5 Å². The third kappa shape index (κ3) is 4.42. The maximum absolute atomic E-state index is 5.91. The van der Waals surface area contributed by atoms with Crippen LogP contribution in [0.4, 0.5) is 0 Å². The van der Waals surface area contributed by atoms with Gasteiger partial charge in [0.1, 0.15) is 23.0 Å². The summed E-state index contributed by atoms with van der Waals surface area (Å²) in [5.41, 5.74) is 7.88. The first-order valence-electron chi connectivity index (χ1n) is 14.7. The molecule has 0 unspecified atom stereocenters. The lowest BCUT2D eigenvalue weighted by Crippen LogP contribution is -2.45. The van der Waals surface area contributed by atoms with Gasteiger partial charge in [-0.3, -0.25) is 4.90 Å². The lowest BCUT2D eigenvalue weighted by molar-refractivity contribution is 0.132. The van der Waals surface area contributed by atoms with Crippen molar-refractivity contribution >= 4 is 32.7 Å². The zero-order valence-corrected chi connectivity index (χ0v) is 24.9. The van der Waals surface area contributed by atoms with Gasteiger partial charge in [-0.05, 0) is 55.8 Å². The minimum Gasteiger partial charge on any atom is -0.496 e. The molecule has 1 aliphatic rings. The van der Waals surface area contributed by atoms with Crippen LogP contribution in [0.3, 0.4) is 0 Å². The van der Waals surface area contributed by atoms with Gasteiger partial charge in [-0.25, -0.2) is 9.97 Å². The Balaban J connectivity index is 1.39. The number of methoxy groups -OCH3 is 1. The third-order valence-corrected chi connectivity index (χ3v) is 8.76. The Morgan fingerprint density at radius 2 is 1.64 bits per heavy atom. The molecule has 0 aliphatic carbocycles. The van der Waals surface area contributed by atoms with E-state index in [0.29, 0.717) is 0 Å². The van der Waals surface area contributed by atoms with Crippen LogP contribution in [-0.4, -0.2) is 69.7 Å². The molecule has 0 amide bonds. The zero-order chi connectivity index (χ0) is 29.0. The largest absolute Gasteiger partial charge is 0.496 e. The Morgan fingerprint density at radius 3 is 2.36 bits per heavy atom. The number of hydrogen-bond acceptors (Lipinski definition) is 7. The highest BCUT2D eigenvalue weighted by Crippen LogP contribution is 2.42. The van der Waals surface area contributed by atoms with Gasteiger partial charge in [0, 0.05) is 54.8 Å². The molecular formula is C34H36N6O2. The summed E-state index contributed by atoms with van der Waals surface area (Å²) >= 11 is 0. The van der Waals surface area contributed by atoms with Crippen molar-refractivity contribution in [1.82, 2.24) is 29.9 Å². The number of benzene rings is 3. The number of ether oxygens (including phenoxy) is 1. The summed E-state index contributed by atoms with van der Waals surface area (Å²) in [6, 6.07) is 17.5. The normalized spacial score (nSPS) is 14.9. The molecule has 0 spiro atoms. The number of likely N-dealkylation sites (N-methyl/N-ethyl adjacent to an activating group) is 1. The average Bonchev–Trinajstić information content (AvgIpc) is 3.54. The van der Waals surface area contributed by atoms with Crippen LogP contribution >= 0.6 is 0 Å². The van der Waals surface area contributed by atoms with Crippen LogP contribution in [0.25, 0.3) is 55.1 Å². The van der Waals surface area contributed by atoms with Crippen molar-refractivity contribution in [3.8, 4) is 28.1 Å². The van der Waals surface area contributed by atoms with E-state index in [1.807, 2.05) is 20.8 Å². The molecule has 0 bridgehead atoms. The highest BCUT2D eigenvalue weighted by molar-refractivity contribution is 6.16. The summed E-state index contributed by atoms with van der Waals surface area (Å²) in [7, 11) is 1.70. The van der Waals surface area contributed by atoms with Gasteiger partial charge >= 0.3 is 0 Å². The number of aromatic amines is 1. The van der Waals surface area contributed by atoms with Crippen LogP contribution in [0.15, 0.2) is 53.1 Å². The van der Waals surface area contributed by atoms with Crippen molar-refractivity contribution in [1.29, 1.82) is 0 Å². The van der Waals surface area contributed by atoms with Crippen LogP contribution < -0.4 is 4.74 Å². The Labute approximate surface area is 245 Å². The molecular weight excluding hydrogens is 524 g/mol. The standard InChI is InChI=1S/C34H36N6O2/c1-6-39-13-15-40(16-14-39)19-23-11-12-26(25-10-8-7-9-24(23)25)33-32-27-18-30(41-5)28(31-20(2)38-42-21(31)3)17-29(27)37-34(32)36-22(4)35-33/h7-12,17-18H,6,13-16,19H2,1-5H3,(H,35,36,37). The number of hydrogen-bond donors (Lipinski definition) is 1. The number of aryl methyl sites for hydroxylation is 3. The molecule has 3 aromatic heterocycles. The Hall–Kier alpha value is -4.27. The number of nitrogens with zero attached hydrogens (tertiary/aromatic N) is 5. The number of H-pyrrole nitrogens is 1. The fraction of sp³-hybridized carbons (Fsp3) is 0.324. The van der Waals surface area contributed by atoms with E-state index in [9.17, 15) is 0 Å². The quantitative estimate of drug-likeness (QED) is 0.244. The third-order valence-electron chi connectivity index (χ3n) is 8.76. The van der Waals surface area contributed by atoms with Crippen molar-refractivity contribution < 1.29 is 9.26 Å². The summed E-state index contributed by atoms with van der Waals surface area (Å²) in [5, 5.41) is 8.66. The first-order chi connectivity index (χ1) is 20.4. The molecule has 0 saturated carbocycles. The molecule has 7 rings (SSSR count). The summed E-state index contributed by atoms with van der Waals surface area (Å²) in [5.74, 6) is 2.24. The second-order valence-electron chi connectivity index (χ2n) is 11.3. The average molecular weight is 561 g/mol. The SMILES string of the molecule is CCN1CCN(Cc2ccc(-c3nc(C)nc4[nH]c5cc(-c6c(C)noc6C)c(OC)cc5c34)c3ccccc23)CC1. The molecule has 0 atom stereocenters. The van der Waals surface area contributed by atoms with Crippen LogP contribution in [0.2, 0.25) is 0 Å². The van der Waals surface area contributed by atoms with Gasteiger partial charge in [0.25, 0.3) is 0 Å². The minimum absolute atomic E-state index is 0.726. The molecule has 8 heteroatoms. The van der Waals surface area contributed by atoms with Gasteiger partial charge in [-0.2, -0.15) is 0 Å². The second-order valence-corrected chi connectivity index (χ2v) is 11.3. The molecule has 1 fully saturated rings. The fourth-order valence-electron chi connectivity index (χ4n) is 6.57. The van der Waals surface area contributed by atoms with Crippen LogP contribution in [0.1, 0.15) is 29.8 Å². The highest BCUT2D eigenvalue weighted by atomic mass is 16.5. The van der Waals surface area contributed by atoms with Crippen LogP contribution in [0.5, 0.6) is 5.75 Å². The predicted octanol–water partition coefficient (Wildman–Crippen LogP) is 6.66. The van der Waals surface area contributed by atoms with Crippen molar-refractivity contribution in [3.63, 3.8) is 0 Å². The summed E-state index contributed by atoms with van der Waals surface area (Å²) < 4.78 is 11.4. The molecule has 214 valence electrons. The molecule has 1 aliphatic heterocycles. The van der Waals surface area contributed by atoms with Crippen LogP contribution in [0, 0.1) is 20.8 Å². The number of nitrogens with one attached hydrogen (secondary N) is 1. The highest BCUT2D eigenvalue weighted by Gasteiger charge is 2.22. The van der Waals surface area contributed by atoms with Crippen molar-refractivity contribution in [2.75, 3.05) is 39.8 Å². The van der Waals surface area contributed by atoms with Crippen molar-refractivity contribution in [2.24, 2.45) is 0 Å². The Kier molecular flexibility index (Phi) is 6.67. The molecule has 42 heavy (non-hydrogen) atoms. The monoisotopic (exact) mass is 560 g/mol. The van der Waals surface area contributed by atoms with Crippen molar-refractivity contribution in [3.05, 3.63) is 71.4 Å². The molecule has 1 N–H and O–H groups in total. The Morgan fingerprint density at radius 1 is 0.881 bits per heavy atom. The van der Waals surface area contributed by atoms with E-state index in [2.05, 4.69) is 75.4 Å². The van der Waals surface area contributed by atoms with E-state index >= 15 is 0 Å². The van der Waals surface area contributed by atoms with Gasteiger partial charge < -0.3 is 19.1 Å². The van der Waals surface area contributed by atoms with E-state index in [-0.39, 0.29) is 0 Å². The lowest BCUT2D eigenvalue weighted by atomic mass is 9.95. The summed E-state index contributed by atoms with van der Waals surface area (Å²) in [6.45, 7) is 14.6. The number of piperazine rings is 1. The molecule has 6 aromatic rings. The smallest absolute Gasteiger partial charge is 0.142 e. The first kappa shape index (κ1) is 26.6.